The second-order valence-electron chi connectivity index (χ2n) is 2.98. The third-order valence-corrected chi connectivity index (χ3v) is 2.72. The van der Waals surface area contributed by atoms with Crippen molar-refractivity contribution in [3.8, 4) is 0 Å². The standard InChI is InChI=1S/C7H11N3OS/c8-7-9-6(12-10-7)3-5-1-2-11-4-5/h5H,1-4H2,(H2,8,10). The molecule has 0 aliphatic carbocycles. The van der Waals surface area contributed by atoms with E-state index in [1.54, 1.807) is 0 Å². The molecule has 1 unspecified atom stereocenters. The number of rotatable bonds is 2. The average molecular weight is 185 g/mol. The van der Waals surface area contributed by atoms with Gasteiger partial charge < -0.3 is 10.5 Å². The summed E-state index contributed by atoms with van der Waals surface area (Å²) in [6, 6.07) is 0. The zero-order valence-corrected chi connectivity index (χ0v) is 7.51. The number of hydrogen-bond acceptors (Lipinski definition) is 5. The van der Waals surface area contributed by atoms with Gasteiger partial charge in [-0.15, -0.1) is 0 Å². The van der Waals surface area contributed by atoms with Crippen molar-refractivity contribution < 1.29 is 4.74 Å². The Labute approximate surface area is 74.9 Å². The van der Waals surface area contributed by atoms with Crippen LogP contribution in [0, 0.1) is 5.92 Å². The zero-order chi connectivity index (χ0) is 8.39. The molecular formula is C7H11N3OS. The van der Waals surface area contributed by atoms with Gasteiger partial charge in [0.25, 0.3) is 0 Å². The largest absolute Gasteiger partial charge is 0.381 e. The van der Waals surface area contributed by atoms with Crippen LogP contribution in [0.15, 0.2) is 0 Å². The Hall–Kier alpha value is -0.680. The Bertz CT molecular complexity index is 257. The summed E-state index contributed by atoms with van der Waals surface area (Å²) >= 11 is 1.39. The maximum atomic E-state index is 5.41. The van der Waals surface area contributed by atoms with Crippen LogP contribution in [0.4, 0.5) is 5.95 Å². The van der Waals surface area contributed by atoms with Crippen LogP contribution in [0.2, 0.25) is 0 Å². The van der Waals surface area contributed by atoms with Crippen molar-refractivity contribution in [2.45, 2.75) is 12.8 Å². The number of nitrogen functional groups attached to an aromatic ring is 1. The van der Waals surface area contributed by atoms with Gasteiger partial charge in [0.1, 0.15) is 5.01 Å². The molecule has 0 bridgehead atoms. The van der Waals surface area contributed by atoms with E-state index in [-0.39, 0.29) is 0 Å². The molecule has 1 atom stereocenters. The predicted molar refractivity (Wildman–Crippen MR) is 47.0 cm³/mol. The lowest BCUT2D eigenvalue weighted by Crippen LogP contribution is -2.03. The molecule has 4 nitrogen and oxygen atoms in total. The molecule has 1 aliphatic rings. The van der Waals surface area contributed by atoms with Gasteiger partial charge >= 0.3 is 0 Å². The molecule has 2 rings (SSSR count). The van der Waals surface area contributed by atoms with Crippen LogP contribution in [0.1, 0.15) is 11.4 Å². The quantitative estimate of drug-likeness (QED) is 0.736. The van der Waals surface area contributed by atoms with E-state index in [0.717, 1.165) is 31.1 Å². The van der Waals surface area contributed by atoms with Gasteiger partial charge in [-0.1, -0.05) is 0 Å². The lowest BCUT2D eigenvalue weighted by molar-refractivity contribution is 0.186. The first-order valence-electron chi connectivity index (χ1n) is 4.00. The van der Waals surface area contributed by atoms with E-state index in [0.29, 0.717) is 11.9 Å². The van der Waals surface area contributed by atoms with Crippen LogP contribution >= 0.6 is 11.5 Å². The van der Waals surface area contributed by atoms with E-state index >= 15 is 0 Å². The molecule has 1 aromatic heterocycles. The minimum absolute atomic E-state index is 0.397. The van der Waals surface area contributed by atoms with E-state index in [1.807, 2.05) is 0 Å². The number of anilines is 1. The minimum Gasteiger partial charge on any atom is -0.381 e. The molecule has 2 N–H and O–H groups in total. The van der Waals surface area contributed by atoms with E-state index in [1.165, 1.54) is 11.5 Å². The van der Waals surface area contributed by atoms with Gasteiger partial charge in [0.2, 0.25) is 5.95 Å². The summed E-state index contributed by atoms with van der Waals surface area (Å²) in [6.45, 7) is 1.75. The summed E-state index contributed by atoms with van der Waals surface area (Å²) in [4.78, 5) is 4.10. The Morgan fingerprint density at radius 2 is 2.58 bits per heavy atom. The second-order valence-corrected chi connectivity index (χ2v) is 3.82. The van der Waals surface area contributed by atoms with Gasteiger partial charge in [-0.25, -0.2) is 4.98 Å². The number of nitrogens with zero attached hydrogens (tertiary/aromatic N) is 2. The fourth-order valence-corrected chi connectivity index (χ4v) is 2.03. The van der Waals surface area contributed by atoms with Crippen molar-refractivity contribution in [3.05, 3.63) is 5.01 Å². The first kappa shape index (κ1) is 7.94. The Balaban J connectivity index is 1.94. The van der Waals surface area contributed by atoms with Crippen molar-refractivity contribution >= 4 is 17.5 Å². The molecule has 2 heterocycles. The molecule has 1 aliphatic heterocycles. The Kier molecular flexibility index (Phi) is 2.23. The van der Waals surface area contributed by atoms with Gasteiger partial charge in [0.15, 0.2) is 0 Å². The van der Waals surface area contributed by atoms with Crippen molar-refractivity contribution in [2.75, 3.05) is 18.9 Å². The van der Waals surface area contributed by atoms with Crippen molar-refractivity contribution in [1.82, 2.24) is 9.36 Å². The number of aromatic nitrogens is 2. The Morgan fingerprint density at radius 3 is 3.17 bits per heavy atom. The molecule has 5 heteroatoms. The minimum atomic E-state index is 0.397. The highest BCUT2D eigenvalue weighted by atomic mass is 32.1. The summed E-state index contributed by atoms with van der Waals surface area (Å²) in [5.41, 5.74) is 5.41. The van der Waals surface area contributed by atoms with E-state index < -0.39 is 0 Å². The van der Waals surface area contributed by atoms with Gasteiger partial charge in [-0.05, 0) is 23.9 Å². The fraction of sp³-hybridized carbons (Fsp3) is 0.714. The molecular weight excluding hydrogens is 174 g/mol. The van der Waals surface area contributed by atoms with E-state index in [2.05, 4.69) is 9.36 Å². The maximum Gasteiger partial charge on any atom is 0.232 e. The van der Waals surface area contributed by atoms with E-state index in [4.69, 9.17) is 10.5 Å². The third-order valence-electron chi connectivity index (χ3n) is 1.97. The van der Waals surface area contributed by atoms with Gasteiger partial charge in [-0.3, -0.25) is 0 Å². The van der Waals surface area contributed by atoms with Crippen molar-refractivity contribution in [1.29, 1.82) is 0 Å². The Morgan fingerprint density at radius 1 is 1.67 bits per heavy atom. The summed E-state index contributed by atoms with van der Waals surface area (Å²) in [7, 11) is 0. The van der Waals surface area contributed by atoms with Gasteiger partial charge in [0.05, 0.1) is 0 Å². The molecule has 12 heavy (non-hydrogen) atoms. The van der Waals surface area contributed by atoms with E-state index in [9.17, 15) is 0 Å². The number of hydrogen-bond donors (Lipinski definition) is 1. The lowest BCUT2D eigenvalue weighted by Gasteiger charge is -2.01. The highest BCUT2D eigenvalue weighted by Gasteiger charge is 2.17. The molecule has 1 saturated heterocycles. The molecule has 0 saturated carbocycles. The number of ether oxygens (including phenoxy) is 1. The monoisotopic (exact) mass is 185 g/mol. The summed E-state index contributed by atoms with van der Waals surface area (Å²) in [5.74, 6) is 1.02. The highest BCUT2D eigenvalue weighted by Crippen LogP contribution is 2.19. The smallest absolute Gasteiger partial charge is 0.232 e. The highest BCUT2D eigenvalue weighted by molar-refractivity contribution is 7.05. The number of nitrogens with two attached hydrogens (primary N) is 1. The molecule has 66 valence electrons. The summed E-state index contributed by atoms with van der Waals surface area (Å²) in [5, 5.41) is 1.03. The van der Waals surface area contributed by atoms with Gasteiger partial charge in [-0.2, -0.15) is 4.37 Å². The van der Waals surface area contributed by atoms with Crippen LogP contribution in [0.25, 0.3) is 0 Å². The first-order chi connectivity index (χ1) is 5.84. The fourth-order valence-electron chi connectivity index (χ4n) is 1.34. The predicted octanol–water partition coefficient (Wildman–Crippen LogP) is 0.699. The van der Waals surface area contributed by atoms with Crippen LogP contribution in [0.3, 0.4) is 0 Å². The van der Waals surface area contributed by atoms with Crippen LogP contribution < -0.4 is 5.73 Å². The lowest BCUT2D eigenvalue weighted by atomic mass is 10.1. The maximum absolute atomic E-state index is 5.41. The van der Waals surface area contributed by atoms with Gasteiger partial charge in [0, 0.05) is 19.6 Å². The molecule has 1 fully saturated rings. The zero-order valence-electron chi connectivity index (χ0n) is 6.69. The topological polar surface area (TPSA) is 61.0 Å². The molecule has 1 aromatic rings. The third kappa shape index (κ3) is 1.73. The normalized spacial score (nSPS) is 23.2. The molecule has 0 spiro atoms. The average Bonchev–Trinajstić information content (AvgIpc) is 2.63. The summed E-state index contributed by atoms with van der Waals surface area (Å²) in [6.07, 6.45) is 2.11. The van der Waals surface area contributed by atoms with Crippen molar-refractivity contribution in [2.24, 2.45) is 5.92 Å². The first-order valence-corrected chi connectivity index (χ1v) is 4.78. The molecule has 0 amide bonds. The second kappa shape index (κ2) is 3.37. The molecule has 0 aromatic carbocycles. The SMILES string of the molecule is Nc1nsc(CC2CCOC2)n1. The van der Waals surface area contributed by atoms with Crippen LogP contribution in [-0.4, -0.2) is 22.6 Å². The van der Waals surface area contributed by atoms with Crippen LogP contribution in [0.5, 0.6) is 0 Å². The molecule has 0 radical (unpaired) electrons. The van der Waals surface area contributed by atoms with Crippen molar-refractivity contribution in [3.63, 3.8) is 0 Å². The van der Waals surface area contributed by atoms with Crippen LogP contribution in [-0.2, 0) is 11.2 Å². The summed E-state index contributed by atoms with van der Waals surface area (Å²) < 4.78 is 9.19.